The molecule has 2 aromatic carbocycles. The topological polar surface area (TPSA) is 72.6 Å². The Morgan fingerprint density at radius 3 is 2.44 bits per heavy atom. The zero-order valence-corrected chi connectivity index (χ0v) is 22.2. The van der Waals surface area contributed by atoms with Gasteiger partial charge in [0.25, 0.3) is 0 Å². The Morgan fingerprint density at radius 2 is 1.85 bits per heavy atom. The smallest absolute Gasteiger partial charge is 0.155 e. The summed E-state index contributed by atoms with van der Waals surface area (Å²) in [5, 5.41) is 10.7. The van der Waals surface area contributed by atoms with Gasteiger partial charge in [0.15, 0.2) is 5.78 Å². The Kier molecular flexibility index (Phi) is 8.29. The van der Waals surface area contributed by atoms with Gasteiger partial charge in [0.2, 0.25) is 0 Å². The number of allylic oxidation sites excluding steroid dienone is 2. The molecule has 0 fully saturated rings. The summed E-state index contributed by atoms with van der Waals surface area (Å²) in [7, 11) is 1.67. The fourth-order valence-corrected chi connectivity index (χ4v) is 4.36. The van der Waals surface area contributed by atoms with E-state index < -0.39 is 0 Å². The summed E-state index contributed by atoms with van der Waals surface area (Å²) in [5.74, 6) is 0.739. The number of furan rings is 1. The maximum absolute atomic E-state index is 10.0. The van der Waals surface area contributed by atoms with Crippen LogP contribution in [0.4, 0.5) is 0 Å². The summed E-state index contributed by atoms with van der Waals surface area (Å²) in [4.78, 5) is 14.6. The molecule has 34 heavy (non-hydrogen) atoms. The van der Waals surface area contributed by atoms with Crippen LogP contribution < -0.4 is 4.74 Å². The molecule has 2 heterocycles. The van der Waals surface area contributed by atoms with Gasteiger partial charge in [-0.2, -0.15) is 0 Å². The number of methoxy groups -OCH3 is 1. The largest absolute Gasteiger partial charge is 0.540 e. The minimum absolute atomic E-state index is 0. The molecule has 1 aliphatic rings. The van der Waals surface area contributed by atoms with Crippen molar-refractivity contribution in [3.8, 4) is 17.0 Å². The van der Waals surface area contributed by atoms with Crippen LogP contribution in [0.15, 0.2) is 52.8 Å². The predicted molar refractivity (Wildman–Crippen MR) is 131 cm³/mol. The Hall–Kier alpha value is -2.95. The van der Waals surface area contributed by atoms with Crippen LogP contribution in [0.25, 0.3) is 33.2 Å². The molecule has 1 N–H and O–H groups in total. The third-order valence-electron chi connectivity index (χ3n) is 5.85. The van der Waals surface area contributed by atoms with Crippen LogP contribution >= 0.6 is 0 Å². The average molecular weight is 635 g/mol. The molecule has 5 rings (SSSR count). The molecule has 2 aromatic heterocycles. The normalized spacial score (nSPS) is 13.0. The van der Waals surface area contributed by atoms with Crippen LogP contribution in [0.1, 0.15) is 43.4 Å². The van der Waals surface area contributed by atoms with Crippen molar-refractivity contribution in [3.05, 3.63) is 71.1 Å². The SMILES string of the molecule is CC(=O)/C=C(/C)O.COc1c[c-]c(-c2nccc3c2oc2cc4c(cc23)CCCC4)c(C)c1.[Ir]. The van der Waals surface area contributed by atoms with Crippen LogP contribution in [0.2, 0.25) is 0 Å². The molecule has 0 spiro atoms. The standard InChI is InChI=1S/C23H20NO2.C5H8O2.Ir/c1-14-11-17(25-2)7-8-18(14)22-23-19(9-10-24-22)20-12-15-5-3-4-6-16(15)13-21(20)26-23;1-4(6)3-5(2)7;/h7,9-13H,3-6H2,1-2H3;3,6H,1-2H3;/q-1;;/b;4-3-;. The van der Waals surface area contributed by atoms with Gasteiger partial charge < -0.3 is 19.2 Å². The maximum Gasteiger partial charge on any atom is 0.155 e. The van der Waals surface area contributed by atoms with E-state index in [1.807, 2.05) is 18.3 Å². The van der Waals surface area contributed by atoms with Crippen LogP contribution in [0.3, 0.4) is 0 Å². The van der Waals surface area contributed by atoms with Crippen molar-refractivity contribution < 1.29 is 39.2 Å². The van der Waals surface area contributed by atoms with Gasteiger partial charge in [-0.1, -0.05) is 6.92 Å². The number of hydrogen-bond donors (Lipinski definition) is 1. The van der Waals surface area contributed by atoms with Crippen LogP contribution in [0, 0.1) is 13.0 Å². The van der Waals surface area contributed by atoms with Gasteiger partial charge in [-0.05, 0) is 68.9 Å². The van der Waals surface area contributed by atoms with Crippen molar-refractivity contribution in [2.45, 2.75) is 46.5 Å². The second-order valence-electron chi connectivity index (χ2n) is 8.46. The molecule has 0 unspecified atom stereocenters. The molecule has 0 amide bonds. The number of aliphatic hydroxyl groups excluding tert-OH is 1. The van der Waals surface area contributed by atoms with Crippen LogP contribution in [-0.4, -0.2) is 23.0 Å². The first-order valence-corrected chi connectivity index (χ1v) is 11.1. The molecule has 0 aliphatic heterocycles. The van der Waals surface area contributed by atoms with E-state index in [0.717, 1.165) is 45.5 Å². The van der Waals surface area contributed by atoms with Crippen LogP contribution in [-0.2, 0) is 37.7 Å². The molecule has 1 aliphatic carbocycles. The molecule has 0 atom stereocenters. The minimum atomic E-state index is -0.125. The summed E-state index contributed by atoms with van der Waals surface area (Å²) in [6.45, 7) is 4.90. The van der Waals surface area contributed by atoms with Crippen LogP contribution in [0.5, 0.6) is 5.75 Å². The molecule has 6 heteroatoms. The number of ether oxygens (including phenoxy) is 1. The molecule has 1 radical (unpaired) electrons. The first-order valence-electron chi connectivity index (χ1n) is 11.1. The second-order valence-corrected chi connectivity index (χ2v) is 8.46. The van der Waals surface area contributed by atoms with E-state index in [4.69, 9.17) is 14.3 Å². The quantitative estimate of drug-likeness (QED) is 0.155. The molecule has 5 nitrogen and oxygen atoms in total. The number of ketones is 1. The van der Waals surface area contributed by atoms with Gasteiger partial charge in [-0.3, -0.25) is 4.79 Å². The molecule has 4 aromatic rings. The monoisotopic (exact) mass is 635 g/mol. The van der Waals surface area contributed by atoms with Gasteiger partial charge in [-0.15, -0.1) is 29.3 Å². The zero-order valence-electron chi connectivity index (χ0n) is 19.8. The van der Waals surface area contributed by atoms with Crippen molar-refractivity contribution in [1.29, 1.82) is 0 Å². The van der Waals surface area contributed by atoms with E-state index in [1.54, 1.807) is 7.11 Å². The van der Waals surface area contributed by atoms with Crippen molar-refractivity contribution in [1.82, 2.24) is 4.98 Å². The minimum Gasteiger partial charge on any atom is -0.540 e. The number of rotatable bonds is 3. The van der Waals surface area contributed by atoms with Gasteiger partial charge in [0.1, 0.15) is 11.2 Å². The van der Waals surface area contributed by atoms with E-state index in [-0.39, 0.29) is 31.6 Å². The second kappa shape index (κ2) is 11.0. The molecular formula is C28H28IrNO4-. The van der Waals surface area contributed by atoms with E-state index in [0.29, 0.717) is 0 Å². The van der Waals surface area contributed by atoms with E-state index in [1.165, 1.54) is 55.7 Å². The number of benzene rings is 2. The maximum atomic E-state index is 10.0. The number of carbonyl (C=O) groups excluding carboxylic acids is 1. The Balaban J connectivity index is 0.000000357. The zero-order chi connectivity index (χ0) is 23.5. The third-order valence-corrected chi connectivity index (χ3v) is 5.85. The van der Waals surface area contributed by atoms with Gasteiger partial charge in [-0.25, -0.2) is 0 Å². The van der Waals surface area contributed by atoms with Crippen molar-refractivity contribution >= 4 is 27.7 Å². The molecular weight excluding hydrogens is 607 g/mol. The summed E-state index contributed by atoms with van der Waals surface area (Å²) in [5.41, 5.74) is 7.58. The molecule has 0 saturated carbocycles. The number of carbonyl (C=O) groups is 1. The predicted octanol–water partition coefficient (Wildman–Crippen LogP) is 6.68. The fourth-order valence-electron chi connectivity index (χ4n) is 4.36. The summed E-state index contributed by atoms with van der Waals surface area (Å²) in [6, 6.07) is 13.8. The van der Waals surface area contributed by atoms with Crippen molar-refractivity contribution in [2.75, 3.05) is 7.11 Å². The number of aliphatic hydroxyl groups is 1. The molecule has 0 bridgehead atoms. The molecule has 179 valence electrons. The van der Waals surface area contributed by atoms with Crippen molar-refractivity contribution in [2.24, 2.45) is 0 Å². The summed E-state index contributed by atoms with van der Waals surface area (Å²) in [6.07, 6.45) is 7.90. The fraction of sp³-hybridized carbons (Fsp3) is 0.286. The first kappa shape index (κ1) is 25.7. The Bertz CT molecular complexity index is 1370. The number of aryl methyl sites for hydroxylation is 3. The Morgan fingerprint density at radius 1 is 1.15 bits per heavy atom. The number of hydrogen-bond acceptors (Lipinski definition) is 5. The van der Waals surface area contributed by atoms with Gasteiger partial charge in [0.05, 0.1) is 12.9 Å². The van der Waals surface area contributed by atoms with E-state index in [9.17, 15) is 4.79 Å². The van der Waals surface area contributed by atoms with E-state index >= 15 is 0 Å². The molecule has 0 saturated heterocycles. The van der Waals surface area contributed by atoms with Gasteiger partial charge in [0, 0.05) is 54.6 Å². The first-order chi connectivity index (χ1) is 15.9. The number of fused-ring (bicyclic) bond motifs is 4. The number of pyridine rings is 1. The van der Waals surface area contributed by atoms with Crippen molar-refractivity contribution in [3.63, 3.8) is 0 Å². The number of nitrogens with zero attached hydrogens (tertiary/aromatic N) is 1. The van der Waals surface area contributed by atoms with Gasteiger partial charge >= 0.3 is 0 Å². The average Bonchev–Trinajstić information content (AvgIpc) is 3.14. The third kappa shape index (κ3) is 5.40. The number of aromatic nitrogens is 1. The summed E-state index contributed by atoms with van der Waals surface area (Å²) < 4.78 is 11.6. The summed E-state index contributed by atoms with van der Waals surface area (Å²) >= 11 is 0. The van der Waals surface area contributed by atoms with E-state index in [2.05, 4.69) is 36.2 Å². The Labute approximate surface area is 213 Å².